The number of aliphatic imine (C=N–C) groups is 1. The third kappa shape index (κ3) is 4.25. The lowest BCUT2D eigenvalue weighted by atomic mass is 9.74. The first-order valence-corrected chi connectivity index (χ1v) is 12.1. The Hall–Kier alpha value is -2.84. The molecule has 2 aliphatic heterocycles. The highest BCUT2D eigenvalue weighted by atomic mass is 32.2. The second-order valence-corrected chi connectivity index (χ2v) is 9.89. The van der Waals surface area contributed by atoms with Crippen molar-refractivity contribution in [3.05, 3.63) is 70.4 Å². The summed E-state index contributed by atoms with van der Waals surface area (Å²) in [6.45, 7) is 7.37. The molecule has 33 heavy (non-hydrogen) atoms. The zero-order valence-corrected chi connectivity index (χ0v) is 19.9. The Morgan fingerprint density at radius 2 is 1.85 bits per heavy atom. The molecule has 3 heterocycles. The highest BCUT2D eigenvalue weighted by Gasteiger charge is 2.44. The fraction of sp³-hybridized carbons (Fsp3) is 0.400. The second kappa shape index (κ2) is 8.83. The lowest BCUT2D eigenvalue weighted by Crippen LogP contribution is -2.42. The number of benzene rings is 2. The molecular weight excluding hydrogens is 436 g/mol. The quantitative estimate of drug-likeness (QED) is 0.610. The first kappa shape index (κ1) is 22.0. The Balaban J connectivity index is 1.41. The molecule has 8 heteroatoms. The molecule has 1 saturated heterocycles. The molecule has 7 nitrogen and oxygen atoms in total. The fourth-order valence-electron chi connectivity index (χ4n) is 4.43. The van der Waals surface area contributed by atoms with Crippen molar-refractivity contribution in [1.29, 1.82) is 0 Å². The molecule has 0 amide bonds. The topological polar surface area (TPSA) is 81.5 Å². The Morgan fingerprint density at radius 1 is 1.09 bits per heavy atom. The summed E-state index contributed by atoms with van der Waals surface area (Å²) in [5.74, 6) is 1.45. The third-order valence-corrected chi connectivity index (χ3v) is 7.48. The molecule has 2 aromatic carbocycles. The van der Waals surface area contributed by atoms with Crippen LogP contribution in [0.25, 0.3) is 5.69 Å². The number of nitrogens with zero attached hydrogens (tertiary/aromatic N) is 3. The molecule has 3 aromatic rings. The van der Waals surface area contributed by atoms with Gasteiger partial charge in [-0.3, -0.25) is 4.98 Å². The van der Waals surface area contributed by atoms with Gasteiger partial charge in [0, 0.05) is 23.0 Å². The maximum absolute atomic E-state index is 12.0. The number of aryl methyl sites for hydroxylation is 1. The summed E-state index contributed by atoms with van der Waals surface area (Å²) in [4.78, 5) is 21.8. The number of ether oxygens (including phenoxy) is 2. The van der Waals surface area contributed by atoms with Gasteiger partial charge in [-0.05, 0) is 75.6 Å². The molecule has 2 aliphatic rings. The second-order valence-electron chi connectivity index (χ2n) is 8.74. The molecule has 2 atom stereocenters. The molecule has 0 saturated carbocycles. The normalized spacial score (nSPS) is 22.1. The van der Waals surface area contributed by atoms with E-state index < -0.39 is 0 Å². The van der Waals surface area contributed by atoms with Crippen molar-refractivity contribution in [3.8, 4) is 5.69 Å². The predicted octanol–water partition coefficient (Wildman–Crippen LogP) is 4.27. The zero-order valence-electron chi connectivity index (χ0n) is 19.1. The minimum absolute atomic E-state index is 0.0987. The van der Waals surface area contributed by atoms with Crippen LogP contribution in [0.1, 0.15) is 38.1 Å². The number of hydrogen-bond acceptors (Lipinski definition) is 6. The molecule has 1 aromatic heterocycles. The van der Waals surface area contributed by atoms with Gasteiger partial charge in [-0.2, -0.15) is 9.78 Å². The zero-order chi connectivity index (χ0) is 23.0. The monoisotopic (exact) mass is 464 g/mol. The average Bonchev–Trinajstić information content (AvgIpc) is 3.35. The number of aromatic nitrogens is 3. The van der Waals surface area contributed by atoms with E-state index in [0.29, 0.717) is 19.0 Å². The van der Waals surface area contributed by atoms with Gasteiger partial charge < -0.3 is 9.47 Å². The Bertz CT molecular complexity index is 1220. The molecule has 5 rings (SSSR count). The van der Waals surface area contributed by atoms with Crippen LogP contribution in [-0.4, -0.2) is 46.0 Å². The smallest absolute Gasteiger partial charge is 0.348 e. The largest absolute Gasteiger partial charge is 0.475 e. The van der Waals surface area contributed by atoms with Gasteiger partial charge in [-0.25, -0.2) is 9.79 Å². The van der Waals surface area contributed by atoms with Crippen molar-refractivity contribution in [2.75, 3.05) is 13.2 Å². The summed E-state index contributed by atoms with van der Waals surface area (Å²) < 4.78 is 13.3. The highest BCUT2D eigenvalue weighted by Crippen LogP contribution is 2.41. The fourth-order valence-corrected chi connectivity index (χ4v) is 5.31. The first-order valence-electron chi connectivity index (χ1n) is 11.3. The van der Waals surface area contributed by atoms with E-state index in [0.717, 1.165) is 34.2 Å². The van der Waals surface area contributed by atoms with E-state index in [1.807, 2.05) is 24.3 Å². The highest BCUT2D eigenvalue weighted by molar-refractivity contribution is 7.99. The molecule has 0 spiro atoms. The first-order chi connectivity index (χ1) is 15.9. The summed E-state index contributed by atoms with van der Waals surface area (Å²) in [5, 5.41) is 4.22. The van der Waals surface area contributed by atoms with Crippen LogP contribution in [0.4, 0.5) is 0 Å². The summed E-state index contributed by atoms with van der Waals surface area (Å²) in [6.07, 6.45) is 1.83. The van der Waals surface area contributed by atoms with Gasteiger partial charge in [0.1, 0.15) is 11.9 Å². The molecule has 1 N–H and O–H groups in total. The molecule has 2 unspecified atom stereocenters. The minimum Gasteiger partial charge on any atom is -0.475 e. The minimum atomic E-state index is -0.239. The number of rotatable bonds is 5. The van der Waals surface area contributed by atoms with Crippen LogP contribution in [0.2, 0.25) is 0 Å². The molecule has 1 fully saturated rings. The van der Waals surface area contributed by atoms with Crippen molar-refractivity contribution in [1.82, 2.24) is 14.8 Å². The summed E-state index contributed by atoms with van der Waals surface area (Å²) in [6, 6.07) is 16.7. The Labute approximate surface area is 197 Å². The predicted molar refractivity (Wildman–Crippen MR) is 129 cm³/mol. The van der Waals surface area contributed by atoms with Crippen molar-refractivity contribution in [3.63, 3.8) is 0 Å². The van der Waals surface area contributed by atoms with Crippen molar-refractivity contribution < 1.29 is 9.47 Å². The van der Waals surface area contributed by atoms with E-state index in [1.54, 1.807) is 18.7 Å². The van der Waals surface area contributed by atoms with Crippen LogP contribution < -0.4 is 5.69 Å². The number of H-pyrrole nitrogens is 1. The number of aromatic amines is 1. The van der Waals surface area contributed by atoms with E-state index in [4.69, 9.17) is 14.5 Å². The van der Waals surface area contributed by atoms with Gasteiger partial charge in [-0.1, -0.05) is 23.9 Å². The number of hydrogen-bond donors (Lipinski definition) is 1. The van der Waals surface area contributed by atoms with Crippen molar-refractivity contribution in [2.45, 2.75) is 61.0 Å². The SMILES string of the molecule is Cc1nn(-c2ccc(Sc3cccc(C4(C5=NC(C)C(C)O5)CCOCC4)c3)cc2)c(=O)[nH]1. The molecule has 0 bridgehead atoms. The van der Waals surface area contributed by atoms with Gasteiger partial charge in [0.25, 0.3) is 0 Å². The number of nitrogens with one attached hydrogen (secondary N) is 1. The molecule has 0 aliphatic carbocycles. The van der Waals surface area contributed by atoms with E-state index >= 15 is 0 Å². The summed E-state index contributed by atoms with van der Waals surface area (Å²) >= 11 is 1.69. The van der Waals surface area contributed by atoms with E-state index in [1.165, 1.54) is 10.2 Å². The van der Waals surface area contributed by atoms with Crippen LogP contribution in [0.3, 0.4) is 0 Å². The van der Waals surface area contributed by atoms with Gasteiger partial charge in [0.2, 0.25) is 0 Å². The average molecular weight is 465 g/mol. The molecule has 172 valence electrons. The third-order valence-electron chi connectivity index (χ3n) is 6.49. The van der Waals surface area contributed by atoms with Gasteiger partial charge in [0.15, 0.2) is 5.90 Å². The van der Waals surface area contributed by atoms with Crippen LogP contribution in [0.15, 0.2) is 68.1 Å². The lowest BCUT2D eigenvalue weighted by molar-refractivity contribution is 0.0610. The summed E-state index contributed by atoms with van der Waals surface area (Å²) in [5.41, 5.74) is 1.49. The van der Waals surface area contributed by atoms with E-state index in [-0.39, 0.29) is 23.3 Å². The Morgan fingerprint density at radius 3 is 2.48 bits per heavy atom. The van der Waals surface area contributed by atoms with Gasteiger partial charge >= 0.3 is 5.69 Å². The van der Waals surface area contributed by atoms with Gasteiger partial charge in [0.05, 0.1) is 17.1 Å². The standard InChI is InChI=1S/C25H28N4O3S/c1-16-17(2)32-23(26-16)25(11-13-31-14-12-25)19-5-4-6-22(15-19)33-21-9-7-20(8-10-21)29-24(30)27-18(3)28-29/h4-10,15-17H,11-14H2,1-3H3,(H,27,28,30). The maximum Gasteiger partial charge on any atom is 0.348 e. The van der Waals surface area contributed by atoms with E-state index in [2.05, 4.69) is 48.2 Å². The molecular formula is C25H28N4O3S. The van der Waals surface area contributed by atoms with Crippen molar-refractivity contribution in [2.24, 2.45) is 4.99 Å². The maximum atomic E-state index is 12.0. The van der Waals surface area contributed by atoms with Gasteiger partial charge in [-0.15, -0.1) is 0 Å². The molecule has 0 radical (unpaired) electrons. The Kier molecular flexibility index (Phi) is 5.88. The summed E-state index contributed by atoms with van der Waals surface area (Å²) in [7, 11) is 0. The van der Waals surface area contributed by atoms with E-state index in [9.17, 15) is 4.79 Å². The van der Waals surface area contributed by atoms with Crippen LogP contribution >= 0.6 is 11.8 Å². The van der Waals surface area contributed by atoms with Crippen LogP contribution in [0.5, 0.6) is 0 Å². The lowest BCUT2D eigenvalue weighted by Gasteiger charge is -2.37. The van der Waals surface area contributed by atoms with Crippen LogP contribution in [-0.2, 0) is 14.9 Å². The van der Waals surface area contributed by atoms with Crippen molar-refractivity contribution >= 4 is 17.7 Å². The van der Waals surface area contributed by atoms with Crippen LogP contribution in [0, 0.1) is 6.92 Å².